The molecule has 1 fully saturated rings. The Hall–Kier alpha value is -0.280. The van der Waals surface area contributed by atoms with Crippen LogP contribution < -0.4 is 5.32 Å². The first-order valence-electron chi connectivity index (χ1n) is 5.37. The Morgan fingerprint density at radius 2 is 2.19 bits per heavy atom. The molecule has 1 aromatic carbocycles. The molecule has 0 aliphatic carbocycles. The van der Waals surface area contributed by atoms with E-state index in [0.717, 1.165) is 30.3 Å². The summed E-state index contributed by atoms with van der Waals surface area (Å²) in [6.07, 6.45) is 0.344. The Kier molecular flexibility index (Phi) is 3.45. The minimum atomic E-state index is 0. The number of halogens is 2. The molecule has 0 saturated carbocycles. The van der Waals surface area contributed by atoms with E-state index in [0.29, 0.717) is 12.0 Å². The molecule has 2 atom stereocenters. The number of benzene rings is 1. The molecule has 1 N–H and O–H groups in total. The maximum atomic E-state index is 6.17. The van der Waals surface area contributed by atoms with Gasteiger partial charge in [-0.05, 0) is 29.7 Å². The zero-order valence-corrected chi connectivity index (χ0v) is 10.7. The number of fused-ring (bicyclic) bond motifs is 3. The summed E-state index contributed by atoms with van der Waals surface area (Å²) < 4.78 is 5.82. The highest BCUT2D eigenvalue weighted by Gasteiger charge is 2.34. The summed E-state index contributed by atoms with van der Waals surface area (Å²) in [6.45, 7) is 4.75. The Bertz CT molecular complexity index is 408. The molecule has 1 aromatic rings. The van der Waals surface area contributed by atoms with E-state index in [2.05, 4.69) is 17.4 Å². The Balaban J connectivity index is 0.000000963. The molecule has 2 aliphatic heterocycles. The van der Waals surface area contributed by atoms with Crippen molar-refractivity contribution in [1.82, 2.24) is 5.32 Å². The third-order valence-electron chi connectivity index (χ3n) is 3.43. The summed E-state index contributed by atoms with van der Waals surface area (Å²) in [5.74, 6) is 0.492. The lowest BCUT2D eigenvalue weighted by Crippen LogP contribution is -2.26. The first-order chi connectivity index (χ1) is 7.25. The molecule has 0 spiro atoms. The average molecular weight is 260 g/mol. The zero-order valence-electron chi connectivity index (χ0n) is 9.13. The van der Waals surface area contributed by atoms with Gasteiger partial charge in [0.1, 0.15) is 0 Å². The molecule has 3 rings (SSSR count). The first-order valence-corrected chi connectivity index (χ1v) is 5.75. The van der Waals surface area contributed by atoms with Gasteiger partial charge in [0, 0.05) is 24.0 Å². The van der Waals surface area contributed by atoms with Gasteiger partial charge < -0.3 is 10.1 Å². The number of ether oxygens (including phenoxy) is 1. The van der Waals surface area contributed by atoms with Crippen LogP contribution in [0.4, 0.5) is 0 Å². The van der Waals surface area contributed by atoms with Gasteiger partial charge in [0.15, 0.2) is 0 Å². The number of nitrogens with one attached hydrogen (secondary N) is 1. The van der Waals surface area contributed by atoms with Crippen molar-refractivity contribution in [2.24, 2.45) is 0 Å². The standard InChI is InChI=1S/C12H14ClNO.ClH/c1-7-2-8-6-15-12-5-14-4-10(12)9(8)3-11(7)13;/h2-3,10,12,14H,4-6H2,1H3;1H/t10-,12-;/m1./s1. The lowest BCUT2D eigenvalue weighted by molar-refractivity contribution is 0.0299. The summed E-state index contributed by atoms with van der Waals surface area (Å²) in [7, 11) is 0. The molecule has 2 nitrogen and oxygen atoms in total. The molecular formula is C12H15Cl2NO. The van der Waals surface area contributed by atoms with Crippen molar-refractivity contribution in [2.45, 2.75) is 25.6 Å². The average Bonchev–Trinajstić information content (AvgIpc) is 2.68. The van der Waals surface area contributed by atoms with Gasteiger partial charge in [-0.25, -0.2) is 0 Å². The van der Waals surface area contributed by atoms with Crippen molar-refractivity contribution in [3.8, 4) is 0 Å². The van der Waals surface area contributed by atoms with Crippen LogP contribution in [0, 0.1) is 6.92 Å². The van der Waals surface area contributed by atoms with Crippen LogP contribution in [0.5, 0.6) is 0 Å². The smallest absolute Gasteiger partial charge is 0.0784 e. The molecular weight excluding hydrogens is 245 g/mol. The van der Waals surface area contributed by atoms with E-state index in [9.17, 15) is 0 Å². The van der Waals surface area contributed by atoms with Crippen LogP contribution in [-0.4, -0.2) is 19.2 Å². The van der Waals surface area contributed by atoms with Crippen LogP contribution in [0.2, 0.25) is 5.02 Å². The number of hydrogen-bond donors (Lipinski definition) is 1. The molecule has 2 aliphatic rings. The fourth-order valence-corrected chi connectivity index (χ4v) is 2.74. The highest BCUT2D eigenvalue weighted by atomic mass is 35.5. The van der Waals surface area contributed by atoms with E-state index in [-0.39, 0.29) is 12.4 Å². The van der Waals surface area contributed by atoms with Crippen molar-refractivity contribution >= 4 is 24.0 Å². The fraction of sp³-hybridized carbons (Fsp3) is 0.500. The second-order valence-electron chi connectivity index (χ2n) is 4.41. The molecule has 1 saturated heterocycles. The largest absolute Gasteiger partial charge is 0.372 e. The van der Waals surface area contributed by atoms with Gasteiger partial charge in [-0.3, -0.25) is 0 Å². The summed E-state index contributed by atoms with van der Waals surface area (Å²) in [5.41, 5.74) is 3.83. The van der Waals surface area contributed by atoms with Crippen LogP contribution in [0.3, 0.4) is 0 Å². The van der Waals surface area contributed by atoms with Crippen molar-refractivity contribution in [3.05, 3.63) is 33.8 Å². The lowest BCUT2D eigenvalue weighted by atomic mass is 9.89. The molecule has 0 unspecified atom stereocenters. The summed E-state index contributed by atoms with van der Waals surface area (Å²) in [4.78, 5) is 0. The van der Waals surface area contributed by atoms with Gasteiger partial charge in [-0.15, -0.1) is 12.4 Å². The quantitative estimate of drug-likeness (QED) is 0.774. The highest BCUT2D eigenvalue weighted by Crippen LogP contribution is 2.36. The summed E-state index contributed by atoms with van der Waals surface area (Å²) >= 11 is 6.17. The van der Waals surface area contributed by atoms with Crippen molar-refractivity contribution in [3.63, 3.8) is 0 Å². The van der Waals surface area contributed by atoms with E-state index < -0.39 is 0 Å². The number of hydrogen-bond acceptors (Lipinski definition) is 2. The van der Waals surface area contributed by atoms with Crippen LogP contribution in [0.1, 0.15) is 22.6 Å². The van der Waals surface area contributed by atoms with Crippen LogP contribution in [-0.2, 0) is 11.3 Å². The van der Waals surface area contributed by atoms with Crippen LogP contribution in [0.25, 0.3) is 0 Å². The first kappa shape index (κ1) is 12.2. The molecule has 2 heterocycles. The third-order valence-corrected chi connectivity index (χ3v) is 3.84. The Morgan fingerprint density at radius 3 is 3.00 bits per heavy atom. The Labute approximate surface area is 107 Å². The maximum absolute atomic E-state index is 6.17. The molecule has 0 bridgehead atoms. The maximum Gasteiger partial charge on any atom is 0.0784 e. The van der Waals surface area contributed by atoms with E-state index in [1.165, 1.54) is 11.1 Å². The predicted molar refractivity (Wildman–Crippen MR) is 67.6 cm³/mol. The molecule has 0 amide bonds. The topological polar surface area (TPSA) is 21.3 Å². The number of aryl methyl sites for hydroxylation is 1. The molecule has 0 aromatic heterocycles. The van der Waals surface area contributed by atoms with Gasteiger partial charge in [-0.1, -0.05) is 17.7 Å². The van der Waals surface area contributed by atoms with Crippen LogP contribution >= 0.6 is 24.0 Å². The second kappa shape index (κ2) is 4.53. The minimum Gasteiger partial charge on any atom is -0.372 e. The Morgan fingerprint density at radius 1 is 1.38 bits per heavy atom. The minimum absolute atomic E-state index is 0. The SMILES string of the molecule is Cc1cc2c(cc1Cl)[C@H]1CNC[C@H]1OC2.Cl. The predicted octanol–water partition coefficient (Wildman–Crippen LogP) is 2.66. The molecule has 16 heavy (non-hydrogen) atoms. The number of rotatable bonds is 0. The van der Waals surface area contributed by atoms with Gasteiger partial charge in [-0.2, -0.15) is 0 Å². The highest BCUT2D eigenvalue weighted by molar-refractivity contribution is 6.31. The van der Waals surface area contributed by atoms with Gasteiger partial charge >= 0.3 is 0 Å². The second-order valence-corrected chi connectivity index (χ2v) is 4.82. The monoisotopic (exact) mass is 259 g/mol. The van der Waals surface area contributed by atoms with Crippen molar-refractivity contribution in [1.29, 1.82) is 0 Å². The van der Waals surface area contributed by atoms with Crippen molar-refractivity contribution in [2.75, 3.05) is 13.1 Å². The van der Waals surface area contributed by atoms with Crippen LogP contribution in [0.15, 0.2) is 12.1 Å². The van der Waals surface area contributed by atoms with Gasteiger partial charge in [0.05, 0.1) is 12.7 Å². The zero-order chi connectivity index (χ0) is 10.4. The molecule has 0 radical (unpaired) electrons. The van der Waals surface area contributed by atoms with E-state index in [1.54, 1.807) is 0 Å². The third kappa shape index (κ3) is 1.84. The van der Waals surface area contributed by atoms with Crippen molar-refractivity contribution < 1.29 is 4.74 Å². The normalized spacial score (nSPS) is 26.9. The van der Waals surface area contributed by atoms with E-state index in [4.69, 9.17) is 16.3 Å². The fourth-order valence-electron chi connectivity index (χ4n) is 2.56. The van der Waals surface area contributed by atoms with E-state index in [1.807, 2.05) is 6.92 Å². The summed E-state index contributed by atoms with van der Waals surface area (Å²) in [6, 6.07) is 4.28. The summed E-state index contributed by atoms with van der Waals surface area (Å²) in [5, 5.41) is 4.25. The van der Waals surface area contributed by atoms with Gasteiger partial charge in [0.25, 0.3) is 0 Å². The molecule has 88 valence electrons. The molecule has 4 heteroatoms. The lowest BCUT2D eigenvalue weighted by Gasteiger charge is -2.28. The van der Waals surface area contributed by atoms with Gasteiger partial charge in [0.2, 0.25) is 0 Å². The van der Waals surface area contributed by atoms with E-state index >= 15 is 0 Å².